The number of aromatic nitrogens is 1. The van der Waals surface area contributed by atoms with Gasteiger partial charge in [0.2, 0.25) is 0 Å². The number of benzene rings is 4. The maximum atomic E-state index is 11.2. The molecule has 0 saturated carbocycles. The van der Waals surface area contributed by atoms with Crippen LogP contribution in [0.4, 0.5) is 0 Å². The number of esters is 2. The van der Waals surface area contributed by atoms with Gasteiger partial charge < -0.3 is 39.4 Å². The van der Waals surface area contributed by atoms with Crippen molar-refractivity contribution in [1.82, 2.24) is 9.47 Å². The van der Waals surface area contributed by atoms with Crippen molar-refractivity contribution in [1.29, 1.82) is 0 Å². The number of unbranched alkanes of at least 4 members (excludes halogenated alkanes) is 18. The first-order chi connectivity index (χ1) is 40.7. The molecule has 5 aromatic rings. The number of para-hydroxylation sites is 1. The van der Waals surface area contributed by atoms with Gasteiger partial charge in [-0.15, -0.1) is 18.9 Å². The van der Waals surface area contributed by atoms with Crippen LogP contribution in [0.15, 0.2) is 113 Å². The van der Waals surface area contributed by atoms with Crippen LogP contribution in [-0.2, 0) is 58.8 Å². The zero-order valence-electron chi connectivity index (χ0n) is 50.7. The van der Waals surface area contributed by atoms with Crippen LogP contribution in [0.5, 0.6) is 0 Å². The molecule has 4 aromatic carbocycles. The third kappa shape index (κ3) is 30.6. The van der Waals surface area contributed by atoms with E-state index in [9.17, 15) is 46.9 Å². The van der Waals surface area contributed by atoms with Gasteiger partial charge in [0.25, 0.3) is 20.2 Å². The van der Waals surface area contributed by atoms with Crippen molar-refractivity contribution < 1.29 is 65.4 Å². The van der Waals surface area contributed by atoms with Crippen molar-refractivity contribution in [2.75, 3.05) is 26.8 Å². The Labute approximate surface area is 507 Å². The molecule has 1 aliphatic rings. The molecule has 4 atom stereocenters. The van der Waals surface area contributed by atoms with E-state index < -0.39 is 66.4 Å². The minimum absolute atomic E-state index is 0.0233. The molecule has 6 N–H and O–H groups in total. The second kappa shape index (κ2) is 41.6. The number of aliphatic hydroxyl groups is 4. The molecule has 1 aliphatic heterocycles. The van der Waals surface area contributed by atoms with Gasteiger partial charge in [-0.2, -0.15) is 16.8 Å². The van der Waals surface area contributed by atoms with Gasteiger partial charge in [0.1, 0.15) is 23.0 Å². The van der Waals surface area contributed by atoms with Gasteiger partial charge in [0.15, 0.2) is 0 Å². The first kappa shape index (κ1) is 73.8. The fourth-order valence-electron chi connectivity index (χ4n) is 10.4. The number of nitrogens with zero attached hydrogens (tertiary/aromatic N) is 2. The highest BCUT2D eigenvalue weighted by Gasteiger charge is 2.23. The first-order valence-electron chi connectivity index (χ1n) is 30.5. The smallest absolute Gasteiger partial charge is 0.302 e. The molecule has 0 spiro atoms. The normalized spacial score (nSPS) is 13.7. The molecule has 85 heavy (non-hydrogen) atoms. The van der Waals surface area contributed by atoms with Crippen LogP contribution in [0.1, 0.15) is 185 Å². The molecule has 16 nitrogen and oxygen atoms in total. The van der Waals surface area contributed by atoms with E-state index in [1.165, 1.54) is 149 Å². The predicted molar refractivity (Wildman–Crippen MR) is 338 cm³/mol. The van der Waals surface area contributed by atoms with Crippen molar-refractivity contribution in [2.24, 2.45) is 0 Å². The highest BCUT2D eigenvalue weighted by molar-refractivity contribution is 7.86. The summed E-state index contributed by atoms with van der Waals surface area (Å²) in [5, 5.41) is 40.3. The summed E-state index contributed by atoms with van der Waals surface area (Å²) in [7, 11) is -6.72. The van der Waals surface area contributed by atoms with E-state index in [1.807, 2.05) is 6.08 Å². The van der Waals surface area contributed by atoms with Gasteiger partial charge in [-0.05, 0) is 68.5 Å². The number of carbonyl (C=O) groups is 2. The fraction of sp³-hybridized carbons (Fsp3) is 0.552. The molecule has 0 radical (unpaired) electrons. The first-order valence-corrected chi connectivity index (χ1v) is 33.4. The SMILES string of the molecule is C#CCCCCCCCCCCCC(O)CC(O)COC(C)=O.C=CCCCCCCCCCCCC(O)CC(O)COC(C)=O.CN1CCc2c(c3ccccc3n2Cc2ccccc2)C1.O=S(=O)(O)c1cccc2c(S(=O)(=O)O)cccc12. The highest BCUT2D eigenvalue weighted by Crippen LogP contribution is 2.32. The average molecular weight is 1220 g/mol. The molecule has 2 heterocycles. The summed E-state index contributed by atoms with van der Waals surface area (Å²) in [5.74, 6) is 1.86. The topological polar surface area (TPSA) is 250 Å². The van der Waals surface area contributed by atoms with Crippen LogP contribution in [0.3, 0.4) is 0 Å². The molecular formula is C67H98N2O14S2. The lowest BCUT2D eigenvalue weighted by molar-refractivity contribution is -0.145. The summed E-state index contributed by atoms with van der Waals surface area (Å²) in [4.78, 5) is 22.8. The molecule has 1 aromatic heterocycles. The molecule has 0 saturated heterocycles. The van der Waals surface area contributed by atoms with E-state index in [1.54, 1.807) is 0 Å². The molecule has 0 fully saturated rings. The lowest BCUT2D eigenvalue weighted by Gasteiger charge is -2.24. The predicted octanol–water partition coefficient (Wildman–Crippen LogP) is 12.7. The van der Waals surface area contributed by atoms with Crippen molar-refractivity contribution in [3.8, 4) is 12.3 Å². The summed E-state index contributed by atoms with van der Waals surface area (Å²) in [6.45, 7) is 9.47. The van der Waals surface area contributed by atoms with Crippen LogP contribution < -0.4 is 0 Å². The zero-order chi connectivity index (χ0) is 62.5. The molecule has 18 heteroatoms. The zero-order valence-corrected chi connectivity index (χ0v) is 52.3. The van der Waals surface area contributed by atoms with Crippen LogP contribution >= 0.6 is 0 Å². The number of likely N-dealkylation sites (N-methyl/N-ethyl adjacent to an activating group) is 1. The third-order valence-corrected chi connectivity index (χ3v) is 16.6. The Bertz CT molecular complexity index is 2910. The molecular weight excluding hydrogens is 1120 g/mol. The van der Waals surface area contributed by atoms with Crippen molar-refractivity contribution >= 4 is 53.9 Å². The Balaban J connectivity index is 0.000000298. The number of fused-ring (bicyclic) bond motifs is 4. The van der Waals surface area contributed by atoms with E-state index in [-0.39, 0.29) is 36.8 Å². The number of carbonyl (C=O) groups excluding carboxylic acids is 2. The minimum atomic E-state index is -4.47. The van der Waals surface area contributed by atoms with Crippen molar-refractivity contribution in [3.63, 3.8) is 0 Å². The number of ether oxygens (including phenoxy) is 2. The number of hydrogen-bond acceptors (Lipinski definition) is 13. The van der Waals surface area contributed by atoms with Crippen LogP contribution in [-0.4, -0.2) is 119 Å². The van der Waals surface area contributed by atoms with Gasteiger partial charge in [0, 0.05) is 86.5 Å². The average Bonchev–Trinajstić information content (AvgIpc) is 2.28. The molecule has 472 valence electrons. The quantitative estimate of drug-likeness (QED) is 0.00725. The standard InChI is InChI=1S/C19H20N2.C19H36O4.C19H34O4.C10H8O6S2/c1-20-12-11-19-17(14-20)16-9-5-6-10-18(16)21(19)13-15-7-3-2-4-8-15;2*1-3-4-5-6-7-8-9-10-11-12-13-14-18(21)15-19(22)16-23-17(2)20;11-17(12,13)9-5-1-3-7-8(9)4-2-6-10(7)18(14,15)16/h2-10H,11-14H2,1H3;3,18-19,21-22H,1,4-16H2,2H3;1,18-19,21-22H,4-16H2,2H3;1-6H,(H,11,12,13)(H,14,15,16). The number of hydrogen-bond donors (Lipinski definition) is 6. The molecule has 0 bridgehead atoms. The summed E-state index contributed by atoms with van der Waals surface area (Å²) in [5.41, 5.74) is 5.80. The number of rotatable bonds is 35. The highest BCUT2D eigenvalue weighted by atomic mass is 32.2. The second-order valence-corrected chi connectivity index (χ2v) is 25.0. The Morgan fingerprint density at radius 3 is 1.46 bits per heavy atom. The summed E-state index contributed by atoms with van der Waals surface area (Å²) < 4.78 is 74.6. The summed E-state index contributed by atoms with van der Waals surface area (Å²) in [6, 6.07) is 27.1. The second-order valence-electron chi connectivity index (χ2n) is 22.2. The van der Waals surface area contributed by atoms with Gasteiger partial charge >= 0.3 is 11.9 Å². The number of aliphatic hydroxyl groups excluding tert-OH is 4. The number of allylic oxidation sites excluding steroid dienone is 1. The Kier molecular flexibility index (Phi) is 36.1. The van der Waals surface area contributed by atoms with E-state index in [2.05, 4.69) is 83.6 Å². The fourth-order valence-corrected chi connectivity index (χ4v) is 11.8. The molecule has 0 aliphatic carbocycles. The minimum Gasteiger partial charge on any atom is -0.463 e. The largest absolute Gasteiger partial charge is 0.463 e. The molecule has 6 rings (SSSR count). The van der Waals surface area contributed by atoms with Gasteiger partial charge in [-0.25, -0.2) is 0 Å². The Hall–Kier alpha value is -5.46. The lowest BCUT2D eigenvalue weighted by atomic mass is 10.0. The number of terminal acetylenes is 1. The van der Waals surface area contributed by atoms with Gasteiger partial charge in [-0.3, -0.25) is 18.7 Å². The Morgan fingerprint density at radius 2 is 1.01 bits per heavy atom. The third-order valence-electron chi connectivity index (χ3n) is 14.8. The van der Waals surface area contributed by atoms with Crippen molar-refractivity contribution in [3.05, 3.63) is 120 Å². The van der Waals surface area contributed by atoms with E-state index in [0.717, 1.165) is 83.1 Å². The molecule has 4 unspecified atom stereocenters. The monoisotopic (exact) mass is 1220 g/mol. The maximum Gasteiger partial charge on any atom is 0.302 e. The van der Waals surface area contributed by atoms with Crippen LogP contribution in [0, 0.1) is 12.3 Å². The van der Waals surface area contributed by atoms with Gasteiger partial charge in [-0.1, -0.05) is 182 Å². The maximum absolute atomic E-state index is 11.2. The van der Waals surface area contributed by atoms with Gasteiger partial charge in [0.05, 0.1) is 24.4 Å². The lowest BCUT2D eigenvalue weighted by Crippen LogP contribution is -2.27. The van der Waals surface area contributed by atoms with E-state index in [4.69, 9.17) is 25.0 Å². The summed E-state index contributed by atoms with van der Waals surface area (Å²) >= 11 is 0. The van der Waals surface area contributed by atoms with Crippen LogP contribution in [0.2, 0.25) is 0 Å². The van der Waals surface area contributed by atoms with E-state index >= 15 is 0 Å². The van der Waals surface area contributed by atoms with E-state index in [0.29, 0.717) is 12.8 Å². The molecule has 0 amide bonds. The van der Waals surface area contributed by atoms with Crippen molar-refractivity contribution in [2.45, 2.75) is 222 Å². The Morgan fingerprint density at radius 1 is 0.588 bits per heavy atom. The summed E-state index contributed by atoms with van der Waals surface area (Å²) in [6.07, 6.45) is 31.7. The van der Waals surface area contributed by atoms with Crippen LogP contribution in [0.25, 0.3) is 21.7 Å².